The number of Topliss-reactive ketones (excluding diaryl/α,β-unsaturated/α-hetero) is 1. The van der Waals surface area contributed by atoms with E-state index >= 15 is 0 Å². The summed E-state index contributed by atoms with van der Waals surface area (Å²) in [6.45, 7) is 5.64. The molecule has 0 aromatic carbocycles. The molecule has 3 nitrogen and oxygen atoms in total. The van der Waals surface area contributed by atoms with Gasteiger partial charge in [-0.2, -0.15) is 0 Å². The zero-order valence-corrected chi connectivity index (χ0v) is 8.79. The Balaban J connectivity index is 4.41. The lowest BCUT2D eigenvalue weighted by molar-refractivity contribution is -0.151. The number of ketones is 1. The van der Waals surface area contributed by atoms with Crippen LogP contribution in [0.4, 0.5) is 0 Å². The Morgan fingerprint density at radius 3 is 2.15 bits per heavy atom. The van der Waals surface area contributed by atoms with Crippen molar-refractivity contribution >= 4 is 11.8 Å². The number of carbonyl (C=O) groups excluding carboxylic acids is 2. The summed E-state index contributed by atoms with van der Waals surface area (Å²) in [4.78, 5) is 22.7. The van der Waals surface area contributed by atoms with Crippen molar-refractivity contribution < 1.29 is 14.3 Å². The van der Waals surface area contributed by atoms with E-state index in [1.807, 2.05) is 20.8 Å². The molecule has 0 saturated heterocycles. The fraction of sp³-hybridized carbons (Fsp3) is 0.800. The summed E-state index contributed by atoms with van der Waals surface area (Å²) in [6.07, 6.45) is 1.23. The van der Waals surface area contributed by atoms with Crippen LogP contribution in [0.3, 0.4) is 0 Å². The second-order valence-corrected chi connectivity index (χ2v) is 3.46. The average molecular weight is 186 g/mol. The van der Waals surface area contributed by atoms with Gasteiger partial charge < -0.3 is 4.74 Å². The van der Waals surface area contributed by atoms with Gasteiger partial charge in [-0.1, -0.05) is 20.8 Å². The van der Waals surface area contributed by atoms with Crippen LogP contribution in [0.15, 0.2) is 0 Å². The Hall–Kier alpha value is -0.860. The average Bonchev–Trinajstić information content (AvgIpc) is 2.04. The van der Waals surface area contributed by atoms with Crippen molar-refractivity contribution in [3.63, 3.8) is 0 Å². The van der Waals surface area contributed by atoms with Gasteiger partial charge in [0.2, 0.25) is 0 Å². The molecule has 76 valence electrons. The molecule has 0 aromatic heterocycles. The van der Waals surface area contributed by atoms with E-state index in [2.05, 4.69) is 4.74 Å². The summed E-state index contributed by atoms with van der Waals surface area (Å²) in [5.41, 5.74) is 0. The number of ether oxygens (including phenoxy) is 1. The SMILES string of the molecule is CCCC(=O)C(C(=O)OC)C(C)C. The highest BCUT2D eigenvalue weighted by molar-refractivity contribution is 5.99. The highest BCUT2D eigenvalue weighted by atomic mass is 16.5. The maximum Gasteiger partial charge on any atom is 0.316 e. The van der Waals surface area contributed by atoms with Crippen LogP contribution < -0.4 is 0 Å². The quantitative estimate of drug-likeness (QED) is 0.485. The first-order chi connectivity index (χ1) is 6.04. The number of carbonyl (C=O) groups is 2. The van der Waals surface area contributed by atoms with Gasteiger partial charge in [0, 0.05) is 6.42 Å². The van der Waals surface area contributed by atoms with E-state index in [1.54, 1.807) is 0 Å². The number of methoxy groups -OCH3 is 1. The second-order valence-electron chi connectivity index (χ2n) is 3.46. The largest absolute Gasteiger partial charge is 0.468 e. The third kappa shape index (κ3) is 3.57. The normalized spacial score (nSPS) is 12.7. The molecule has 0 bridgehead atoms. The Morgan fingerprint density at radius 2 is 1.85 bits per heavy atom. The van der Waals surface area contributed by atoms with E-state index in [4.69, 9.17) is 0 Å². The third-order valence-corrected chi connectivity index (χ3v) is 1.97. The number of rotatable bonds is 5. The summed E-state index contributed by atoms with van der Waals surface area (Å²) in [5.74, 6) is -0.978. The minimum atomic E-state index is -0.579. The monoisotopic (exact) mass is 186 g/mol. The van der Waals surface area contributed by atoms with Gasteiger partial charge >= 0.3 is 5.97 Å². The molecule has 0 fully saturated rings. The first-order valence-electron chi connectivity index (χ1n) is 4.65. The Morgan fingerprint density at radius 1 is 1.31 bits per heavy atom. The molecule has 1 unspecified atom stereocenters. The number of hydrogen-bond acceptors (Lipinski definition) is 3. The Labute approximate surface area is 79.5 Å². The van der Waals surface area contributed by atoms with E-state index in [0.29, 0.717) is 6.42 Å². The van der Waals surface area contributed by atoms with Crippen molar-refractivity contribution in [3.05, 3.63) is 0 Å². The summed E-state index contributed by atoms with van der Waals surface area (Å²) in [7, 11) is 1.32. The number of hydrogen-bond donors (Lipinski definition) is 0. The molecule has 0 radical (unpaired) electrons. The van der Waals surface area contributed by atoms with Crippen molar-refractivity contribution in [2.24, 2.45) is 11.8 Å². The van der Waals surface area contributed by atoms with E-state index in [-0.39, 0.29) is 11.7 Å². The van der Waals surface area contributed by atoms with Crippen molar-refractivity contribution in [2.45, 2.75) is 33.6 Å². The minimum Gasteiger partial charge on any atom is -0.468 e. The molecule has 0 heterocycles. The first-order valence-corrected chi connectivity index (χ1v) is 4.65. The molecule has 0 amide bonds. The zero-order valence-electron chi connectivity index (χ0n) is 8.79. The lowest BCUT2D eigenvalue weighted by Gasteiger charge is -2.16. The van der Waals surface area contributed by atoms with Gasteiger partial charge in [-0.15, -0.1) is 0 Å². The van der Waals surface area contributed by atoms with Crippen LogP contribution in [-0.4, -0.2) is 18.9 Å². The molecule has 0 saturated carbocycles. The molecule has 0 N–H and O–H groups in total. The molecule has 3 heteroatoms. The van der Waals surface area contributed by atoms with E-state index in [0.717, 1.165) is 6.42 Å². The lowest BCUT2D eigenvalue weighted by atomic mass is 9.89. The molecule has 0 aliphatic heterocycles. The smallest absolute Gasteiger partial charge is 0.316 e. The minimum absolute atomic E-state index is 0.00986. The van der Waals surface area contributed by atoms with Gasteiger partial charge in [-0.25, -0.2) is 0 Å². The molecular formula is C10H18O3. The van der Waals surface area contributed by atoms with Gasteiger partial charge in [-0.05, 0) is 12.3 Å². The summed E-state index contributed by atoms with van der Waals surface area (Å²) in [5, 5.41) is 0. The van der Waals surface area contributed by atoms with Crippen molar-refractivity contribution in [3.8, 4) is 0 Å². The second kappa shape index (κ2) is 5.73. The van der Waals surface area contributed by atoms with Crippen molar-refractivity contribution in [1.82, 2.24) is 0 Å². The molecule has 0 spiro atoms. The van der Waals surface area contributed by atoms with Gasteiger partial charge in [-0.3, -0.25) is 9.59 Å². The van der Waals surface area contributed by atoms with Gasteiger partial charge in [0.05, 0.1) is 7.11 Å². The summed E-state index contributed by atoms with van der Waals surface area (Å²) < 4.78 is 4.58. The summed E-state index contributed by atoms with van der Waals surface area (Å²) in [6, 6.07) is 0. The molecular weight excluding hydrogens is 168 g/mol. The first kappa shape index (κ1) is 12.1. The standard InChI is InChI=1S/C10H18O3/c1-5-6-8(11)9(7(2)3)10(12)13-4/h7,9H,5-6H2,1-4H3. The molecule has 0 aliphatic rings. The van der Waals surface area contributed by atoms with Crippen LogP contribution in [0.2, 0.25) is 0 Å². The van der Waals surface area contributed by atoms with Gasteiger partial charge in [0.25, 0.3) is 0 Å². The maximum atomic E-state index is 11.5. The Bertz CT molecular complexity index is 185. The van der Waals surface area contributed by atoms with Gasteiger partial charge in [0.1, 0.15) is 11.7 Å². The van der Waals surface area contributed by atoms with Crippen LogP contribution >= 0.6 is 0 Å². The fourth-order valence-electron chi connectivity index (χ4n) is 1.30. The molecule has 13 heavy (non-hydrogen) atoms. The predicted octanol–water partition coefficient (Wildman–Crippen LogP) is 1.80. The highest BCUT2D eigenvalue weighted by Crippen LogP contribution is 2.16. The maximum absolute atomic E-state index is 11.5. The number of esters is 1. The predicted molar refractivity (Wildman–Crippen MR) is 50.3 cm³/mol. The van der Waals surface area contributed by atoms with Crippen LogP contribution in [0.1, 0.15) is 33.6 Å². The zero-order chi connectivity index (χ0) is 10.4. The van der Waals surface area contributed by atoms with E-state index < -0.39 is 11.9 Å². The van der Waals surface area contributed by atoms with Gasteiger partial charge in [0.15, 0.2) is 0 Å². The van der Waals surface area contributed by atoms with Crippen molar-refractivity contribution in [2.75, 3.05) is 7.11 Å². The fourth-order valence-corrected chi connectivity index (χ4v) is 1.30. The van der Waals surface area contributed by atoms with Crippen LogP contribution in [0.25, 0.3) is 0 Å². The van der Waals surface area contributed by atoms with E-state index in [1.165, 1.54) is 7.11 Å². The van der Waals surface area contributed by atoms with Crippen LogP contribution in [0, 0.1) is 11.8 Å². The lowest BCUT2D eigenvalue weighted by Crippen LogP contribution is -2.29. The topological polar surface area (TPSA) is 43.4 Å². The highest BCUT2D eigenvalue weighted by Gasteiger charge is 2.29. The third-order valence-electron chi connectivity index (χ3n) is 1.97. The van der Waals surface area contributed by atoms with Crippen LogP contribution in [-0.2, 0) is 14.3 Å². The molecule has 0 rings (SSSR count). The van der Waals surface area contributed by atoms with E-state index in [9.17, 15) is 9.59 Å². The Kier molecular flexibility index (Phi) is 5.35. The molecule has 0 aliphatic carbocycles. The summed E-state index contributed by atoms with van der Waals surface area (Å²) >= 11 is 0. The molecule has 0 aromatic rings. The van der Waals surface area contributed by atoms with Crippen molar-refractivity contribution in [1.29, 1.82) is 0 Å². The van der Waals surface area contributed by atoms with Crippen LogP contribution in [0.5, 0.6) is 0 Å². The molecule has 1 atom stereocenters.